The Morgan fingerprint density at radius 1 is 0.615 bits per heavy atom. The summed E-state index contributed by atoms with van der Waals surface area (Å²) in [6.07, 6.45) is 31.1. The van der Waals surface area contributed by atoms with E-state index in [-0.39, 0.29) is 0 Å². The van der Waals surface area contributed by atoms with Crippen molar-refractivity contribution in [2.75, 3.05) is 0 Å². The van der Waals surface area contributed by atoms with Crippen LogP contribution in [0.25, 0.3) is 33.1 Å². The van der Waals surface area contributed by atoms with Crippen molar-refractivity contribution in [1.29, 1.82) is 5.41 Å². The number of nitrogens with zero attached hydrogens (tertiary/aromatic N) is 3. The molecule has 0 atom stereocenters. The van der Waals surface area contributed by atoms with Crippen molar-refractivity contribution >= 4 is 113 Å². The van der Waals surface area contributed by atoms with Crippen molar-refractivity contribution < 1.29 is 0 Å². The van der Waals surface area contributed by atoms with Crippen molar-refractivity contribution in [3.05, 3.63) is 52.9 Å². The van der Waals surface area contributed by atoms with Gasteiger partial charge in [-0.2, -0.15) is 8.75 Å². The van der Waals surface area contributed by atoms with E-state index in [9.17, 15) is 5.41 Å². The van der Waals surface area contributed by atoms with E-state index in [0.29, 0.717) is 11.4 Å². The predicted molar refractivity (Wildman–Crippen MR) is 243 cm³/mol. The number of aryl methyl sites for hydroxylation is 2. The lowest BCUT2D eigenvalue weighted by Gasteiger charge is -2.20. The lowest BCUT2D eigenvalue weighted by molar-refractivity contribution is 0.556. The molecule has 282 valence electrons. The molecule has 0 aliphatic heterocycles. The number of thiophene rings is 2. The molecule has 0 bridgehead atoms. The SMILES string of the molecule is CCCCCCCCCCCCc1cc(C2=Cc3c(cc(-c4cc(CCCCCCCCCCCC)c(Br)s4)c4nsnc34)/C(=N/S)C2=N)sc1Br. The minimum atomic E-state index is 0.407. The molecule has 5 rings (SSSR count). The van der Waals surface area contributed by atoms with E-state index in [0.717, 1.165) is 54.8 Å². The first-order chi connectivity index (χ1) is 25.5. The van der Waals surface area contributed by atoms with Crippen molar-refractivity contribution in [2.24, 2.45) is 4.40 Å². The number of unbranched alkanes of at least 4 members (excludes halogenated alkanes) is 18. The number of benzene rings is 1. The van der Waals surface area contributed by atoms with Crippen LogP contribution in [0.2, 0.25) is 0 Å². The zero-order valence-electron chi connectivity index (χ0n) is 31.1. The fourth-order valence-corrected chi connectivity index (χ4v) is 11.7. The molecule has 0 saturated carbocycles. The highest BCUT2D eigenvalue weighted by Crippen LogP contribution is 2.44. The summed E-state index contributed by atoms with van der Waals surface area (Å²) < 4.78 is 16.4. The van der Waals surface area contributed by atoms with Crippen molar-refractivity contribution in [1.82, 2.24) is 8.75 Å². The molecule has 0 fully saturated rings. The average Bonchev–Trinajstić information content (AvgIpc) is 3.88. The van der Waals surface area contributed by atoms with Gasteiger partial charge >= 0.3 is 0 Å². The van der Waals surface area contributed by atoms with Gasteiger partial charge < -0.3 is 0 Å². The van der Waals surface area contributed by atoms with Gasteiger partial charge in [-0.3, -0.25) is 5.41 Å². The van der Waals surface area contributed by atoms with E-state index in [2.05, 4.69) is 87.2 Å². The Morgan fingerprint density at radius 2 is 1.08 bits per heavy atom. The van der Waals surface area contributed by atoms with Crippen LogP contribution < -0.4 is 0 Å². The molecule has 4 aromatic rings. The zero-order chi connectivity index (χ0) is 36.7. The Kier molecular flexibility index (Phi) is 18.1. The molecule has 3 heterocycles. The second-order valence-electron chi connectivity index (χ2n) is 14.4. The maximum Gasteiger partial charge on any atom is 0.114 e. The number of thiol groups is 1. The molecule has 52 heavy (non-hydrogen) atoms. The van der Waals surface area contributed by atoms with Crippen LogP contribution in [0, 0.1) is 5.41 Å². The van der Waals surface area contributed by atoms with E-state index in [4.69, 9.17) is 8.75 Å². The van der Waals surface area contributed by atoms with Crippen LogP contribution in [-0.4, -0.2) is 20.2 Å². The summed E-state index contributed by atoms with van der Waals surface area (Å²) in [5.74, 6) is 0. The van der Waals surface area contributed by atoms with Crippen molar-refractivity contribution in [2.45, 2.75) is 155 Å². The number of fused-ring (bicyclic) bond motifs is 3. The van der Waals surface area contributed by atoms with E-state index in [1.807, 2.05) is 0 Å². The lowest BCUT2D eigenvalue weighted by Crippen LogP contribution is -2.20. The Labute approximate surface area is 347 Å². The highest BCUT2D eigenvalue weighted by atomic mass is 79.9. The molecule has 0 saturated heterocycles. The topological polar surface area (TPSA) is 62.0 Å². The van der Waals surface area contributed by atoms with Gasteiger partial charge in [0.2, 0.25) is 0 Å². The Hall–Kier alpha value is -1.17. The standard InChI is InChI=1S/C42H56Br2N4S4/c1-3-5-7-9-11-13-15-17-19-21-23-29-25-35(50-41(29)43)33-27-32-31(38(46-49)37(33)45)28-34(40-39(32)47-52-48-40)36-26-30(42(44)51-36)24-22-20-18-16-14-12-10-8-6-4-2/h25-28,45,49H,3-24H2,1-2H3/b45-37?,46-38-. The van der Waals surface area contributed by atoms with Crippen molar-refractivity contribution in [3.63, 3.8) is 0 Å². The quantitative estimate of drug-likeness (QED) is 0.0544. The van der Waals surface area contributed by atoms with Crippen molar-refractivity contribution in [3.8, 4) is 10.4 Å². The molecular weight excluding hydrogens is 849 g/mol. The number of hydrogen-bond acceptors (Lipinski definition) is 8. The molecule has 3 aromatic heterocycles. The Bertz CT molecular complexity index is 1800. The number of hydrogen-bond donors (Lipinski definition) is 2. The molecule has 10 heteroatoms. The maximum absolute atomic E-state index is 9.30. The number of halogens is 2. The molecule has 1 N–H and O–H groups in total. The molecule has 1 aliphatic rings. The summed E-state index contributed by atoms with van der Waals surface area (Å²) >= 11 is 16.9. The minimum absolute atomic E-state index is 0.407. The van der Waals surface area contributed by atoms with Gasteiger partial charge in [0.05, 0.1) is 25.0 Å². The summed E-state index contributed by atoms with van der Waals surface area (Å²) in [4.78, 5) is 2.26. The summed E-state index contributed by atoms with van der Waals surface area (Å²) in [7, 11) is 0. The molecule has 0 amide bonds. The van der Waals surface area contributed by atoms with Gasteiger partial charge in [-0.25, -0.2) is 4.40 Å². The van der Waals surface area contributed by atoms with Crippen LogP contribution >= 0.6 is 79.1 Å². The number of nitrogens with one attached hydrogen (secondary N) is 1. The molecule has 0 radical (unpaired) electrons. The first-order valence-electron chi connectivity index (χ1n) is 19.9. The van der Waals surface area contributed by atoms with Crippen LogP contribution in [-0.2, 0) is 12.8 Å². The summed E-state index contributed by atoms with van der Waals surface area (Å²) in [5, 5.41) is 9.30. The third-order valence-electron chi connectivity index (χ3n) is 10.4. The predicted octanol–water partition coefficient (Wildman–Crippen LogP) is 16.1. The van der Waals surface area contributed by atoms with Gasteiger partial charge in [0, 0.05) is 32.0 Å². The Balaban J connectivity index is 1.24. The fraction of sp³-hybridized carbons (Fsp3) is 0.571. The summed E-state index contributed by atoms with van der Waals surface area (Å²) in [6.45, 7) is 4.56. The smallest absolute Gasteiger partial charge is 0.114 e. The van der Waals surface area contributed by atoms with Gasteiger partial charge in [-0.15, -0.1) is 22.7 Å². The van der Waals surface area contributed by atoms with Crippen LogP contribution in [0.3, 0.4) is 0 Å². The van der Waals surface area contributed by atoms with Gasteiger partial charge in [0.1, 0.15) is 16.7 Å². The number of aromatic nitrogens is 2. The zero-order valence-corrected chi connectivity index (χ0v) is 37.7. The lowest BCUT2D eigenvalue weighted by atomic mass is 9.85. The number of allylic oxidation sites excluding steroid dienone is 1. The van der Waals surface area contributed by atoms with E-state index in [1.54, 1.807) is 22.7 Å². The third kappa shape index (κ3) is 11.4. The van der Waals surface area contributed by atoms with Crippen LogP contribution in [0.15, 0.2) is 30.2 Å². The molecule has 1 aliphatic carbocycles. The van der Waals surface area contributed by atoms with Gasteiger partial charge in [0.15, 0.2) is 0 Å². The molecule has 1 aromatic carbocycles. The monoisotopic (exact) mass is 902 g/mol. The van der Waals surface area contributed by atoms with Crippen LogP contribution in [0.5, 0.6) is 0 Å². The fourth-order valence-electron chi connectivity index (χ4n) is 7.29. The number of rotatable bonds is 24. The Morgan fingerprint density at radius 3 is 1.60 bits per heavy atom. The molecule has 4 nitrogen and oxygen atoms in total. The average molecular weight is 905 g/mol. The molecule has 0 unspecified atom stereocenters. The summed E-state index contributed by atoms with van der Waals surface area (Å²) in [6, 6.07) is 6.77. The van der Waals surface area contributed by atoms with E-state index >= 15 is 0 Å². The second kappa shape index (κ2) is 22.4. The molecule has 0 spiro atoms. The highest BCUT2D eigenvalue weighted by molar-refractivity contribution is 9.11. The maximum atomic E-state index is 9.30. The highest BCUT2D eigenvalue weighted by Gasteiger charge is 2.29. The van der Waals surface area contributed by atoms with Gasteiger partial charge in [-0.1, -0.05) is 129 Å². The third-order valence-corrected chi connectivity index (χ3v) is 15.1. The first-order valence-corrected chi connectivity index (χ1v) is 24.2. The van der Waals surface area contributed by atoms with Gasteiger partial charge in [0.25, 0.3) is 0 Å². The second-order valence-corrected chi connectivity index (χ2v) is 19.9. The largest absolute Gasteiger partial charge is 0.298 e. The van der Waals surface area contributed by atoms with Gasteiger partial charge in [-0.05, 0) is 106 Å². The summed E-state index contributed by atoms with van der Waals surface area (Å²) in [5.41, 5.74) is 9.30. The molecular formula is C42H56Br2N4S4. The first kappa shape index (κ1) is 42.0. The van der Waals surface area contributed by atoms with E-state index < -0.39 is 0 Å². The minimum Gasteiger partial charge on any atom is -0.298 e. The van der Waals surface area contributed by atoms with Crippen LogP contribution in [0.1, 0.15) is 169 Å². The normalized spacial score (nSPS) is 13.8. The van der Waals surface area contributed by atoms with E-state index in [1.165, 1.54) is 160 Å². The van der Waals surface area contributed by atoms with Crippen LogP contribution in [0.4, 0.5) is 0 Å².